The lowest BCUT2D eigenvalue weighted by Gasteiger charge is -2.20. The van der Waals surface area contributed by atoms with Crippen molar-refractivity contribution >= 4 is 47.0 Å². The largest absolute Gasteiger partial charge is 0.359 e. The highest BCUT2D eigenvalue weighted by Crippen LogP contribution is 2.38. The Balaban J connectivity index is 0.00000218. The summed E-state index contributed by atoms with van der Waals surface area (Å²) in [6.45, 7) is 6.21. The zero-order valence-corrected chi connectivity index (χ0v) is 18.7. The number of aryl methyl sites for hydroxylation is 2. The molecule has 0 aliphatic carbocycles. The van der Waals surface area contributed by atoms with Gasteiger partial charge in [-0.3, -0.25) is 4.79 Å². The summed E-state index contributed by atoms with van der Waals surface area (Å²) in [4.78, 5) is 20.9. The van der Waals surface area contributed by atoms with Gasteiger partial charge in [0.2, 0.25) is 0 Å². The van der Waals surface area contributed by atoms with Gasteiger partial charge in [-0.2, -0.15) is 0 Å². The van der Waals surface area contributed by atoms with E-state index in [1.54, 1.807) is 11.3 Å². The van der Waals surface area contributed by atoms with Gasteiger partial charge in [0.1, 0.15) is 0 Å². The van der Waals surface area contributed by atoms with Crippen LogP contribution in [-0.4, -0.2) is 29.0 Å². The molecule has 3 N–H and O–H groups in total. The van der Waals surface area contributed by atoms with Crippen LogP contribution >= 0.6 is 23.7 Å². The van der Waals surface area contributed by atoms with Gasteiger partial charge in [0.25, 0.3) is 5.91 Å². The number of amides is 1. The van der Waals surface area contributed by atoms with E-state index in [0.717, 1.165) is 65.4 Å². The van der Waals surface area contributed by atoms with E-state index >= 15 is 0 Å². The average Bonchev–Trinajstić information content (AvgIpc) is 3.41. The second kappa shape index (κ2) is 8.38. The molecule has 2 aliphatic rings. The van der Waals surface area contributed by atoms with E-state index in [4.69, 9.17) is 4.98 Å². The van der Waals surface area contributed by atoms with E-state index in [-0.39, 0.29) is 18.3 Å². The number of aromatic nitrogens is 2. The minimum atomic E-state index is -0.0579. The molecule has 0 spiro atoms. The summed E-state index contributed by atoms with van der Waals surface area (Å²) >= 11 is 1.75. The van der Waals surface area contributed by atoms with Crippen molar-refractivity contribution in [2.24, 2.45) is 0 Å². The van der Waals surface area contributed by atoms with Crippen molar-refractivity contribution in [1.29, 1.82) is 0 Å². The van der Waals surface area contributed by atoms with Crippen LogP contribution in [0.3, 0.4) is 0 Å². The van der Waals surface area contributed by atoms with Gasteiger partial charge in [-0.25, -0.2) is 4.98 Å². The highest BCUT2D eigenvalue weighted by atomic mass is 35.5. The Morgan fingerprint density at radius 2 is 1.97 bits per heavy atom. The van der Waals surface area contributed by atoms with Crippen LogP contribution in [0.2, 0.25) is 0 Å². The molecule has 7 heteroatoms. The maximum absolute atomic E-state index is 12.6. The third-order valence-electron chi connectivity index (χ3n) is 5.79. The number of hydrogen-bond acceptors (Lipinski definition) is 4. The topological polar surface area (TPSA) is 69.8 Å². The molecule has 2 aliphatic heterocycles. The standard InChI is InChI=1S/C23H24N4OS.ClH/c1-13-9-14(2)25-20(13)11-18-17-10-16(3-4-19(17)26-22(18)28)21-12-29-23(27-21)15-5-7-24-8-6-15;/h3-4,9-12,15,24-25H,5-8H2,1-2H3,(H,26,28);1H/b18-11-;. The fourth-order valence-electron chi connectivity index (χ4n) is 4.21. The van der Waals surface area contributed by atoms with E-state index in [1.807, 2.05) is 25.1 Å². The minimum absolute atomic E-state index is 0. The molecule has 30 heavy (non-hydrogen) atoms. The highest BCUT2D eigenvalue weighted by molar-refractivity contribution is 7.10. The van der Waals surface area contributed by atoms with E-state index in [2.05, 4.69) is 40.1 Å². The smallest absolute Gasteiger partial charge is 0.256 e. The Bertz CT molecular complexity index is 1120. The fraction of sp³-hybridized carbons (Fsp3) is 0.304. The molecule has 5 rings (SSSR count). The van der Waals surface area contributed by atoms with Gasteiger partial charge in [0, 0.05) is 39.5 Å². The van der Waals surface area contributed by atoms with Crippen LogP contribution in [0.1, 0.15) is 46.3 Å². The normalized spacial score (nSPS) is 17.7. The predicted octanol–water partition coefficient (Wildman–Crippen LogP) is 5.14. The van der Waals surface area contributed by atoms with Crippen molar-refractivity contribution in [3.8, 4) is 11.3 Å². The number of halogens is 1. The zero-order chi connectivity index (χ0) is 20.0. The van der Waals surface area contributed by atoms with Crippen molar-refractivity contribution in [3.05, 3.63) is 57.2 Å². The second-order valence-electron chi connectivity index (χ2n) is 7.92. The van der Waals surface area contributed by atoms with Gasteiger partial charge in [0.15, 0.2) is 0 Å². The van der Waals surface area contributed by atoms with E-state index in [0.29, 0.717) is 11.5 Å². The predicted molar refractivity (Wildman–Crippen MR) is 126 cm³/mol. The number of carbonyl (C=O) groups is 1. The van der Waals surface area contributed by atoms with E-state index in [9.17, 15) is 4.79 Å². The van der Waals surface area contributed by atoms with Crippen LogP contribution in [0.25, 0.3) is 22.9 Å². The molecule has 1 amide bonds. The van der Waals surface area contributed by atoms with Crippen LogP contribution in [0.15, 0.2) is 29.6 Å². The maximum atomic E-state index is 12.6. The molecule has 0 radical (unpaired) electrons. The minimum Gasteiger partial charge on any atom is -0.359 e. The van der Waals surface area contributed by atoms with Crippen LogP contribution < -0.4 is 10.6 Å². The quantitative estimate of drug-likeness (QED) is 0.494. The molecule has 1 fully saturated rings. The fourth-order valence-corrected chi connectivity index (χ4v) is 5.21. The number of thiazole rings is 1. The SMILES string of the molecule is Cc1cc(C)c(/C=C2\C(=O)Nc3ccc(-c4csc(C5CCNCC5)n4)cc32)[nH]1.Cl. The van der Waals surface area contributed by atoms with Crippen LogP contribution in [0.4, 0.5) is 5.69 Å². The Morgan fingerprint density at radius 3 is 2.70 bits per heavy atom. The number of nitrogens with zero attached hydrogens (tertiary/aromatic N) is 1. The van der Waals surface area contributed by atoms with Crippen molar-refractivity contribution in [2.45, 2.75) is 32.6 Å². The monoisotopic (exact) mass is 440 g/mol. The van der Waals surface area contributed by atoms with Crippen LogP contribution in [-0.2, 0) is 4.79 Å². The summed E-state index contributed by atoms with van der Waals surface area (Å²) in [5, 5.41) is 9.77. The molecular weight excluding hydrogens is 416 g/mol. The Kier molecular flexibility index (Phi) is 5.82. The van der Waals surface area contributed by atoms with Gasteiger partial charge in [-0.15, -0.1) is 23.7 Å². The number of anilines is 1. The lowest BCUT2D eigenvalue weighted by atomic mass is 9.99. The first-order valence-electron chi connectivity index (χ1n) is 10.1. The molecule has 156 valence electrons. The number of nitrogens with one attached hydrogen (secondary N) is 3. The summed E-state index contributed by atoms with van der Waals surface area (Å²) in [6, 6.07) is 8.22. The molecule has 0 unspecified atom stereocenters. The van der Waals surface area contributed by atoms with Gasteiger partial charge < -0.3 is 15.6 Å². The number of benzene rings is 1. The van der Waals surface area contributed by atoms with Crippen molar-refractivity contribution < 1.29 is 4.79 Å². The van der Waals surface area contributed by atoms with Gasteiger partial charge in [-0.05, 0) is 69.6 Å². The zero-order valence-electron chi connectivity index (χ0n) is 17.0. The number of hydrogen-bond donors (Lipinski definition) is 3. The Hall–Kier alpha value is -2.41. The number of carbonyl (C=O) groups excluding carboxylic acids is 1. The number of piperidine rings is 1. The molecule has 1 saturated heterocycles. The summed E-state index contributed by atoms with van der Waals surface area (Å²) in [5.74, 6) is 0.500. The first-order valence-corrected chi connectivity index (χ1v) is 11.0. The third-order valence-corrected chi connectivity index (χ3v) is 6.79. The summed E-state index contributed by atoms with van der Waals surface area (Å²) in [6.07, 6.45) is 4.25. The summed E-state index contributed by atoms with van der Waals surface area (Å²) < 4.78 is 0. The molecule has 2 aromatic heterocycles. The Labute approximate surface area is 186 Å². The average molecular weight is 441 g/mol. The van der Waals surface area contributed by atoms with Crippen molar-refractivity contribution in [3.63, 3.8) is 0 Å². The molecule has 5 nitrogen and oxygen atoms in total. The second-order valence-corrected chi connectivity index (χ2v) is 8.81. The molecule has 0 atom stereocenters. The van der Waals surface area contributed by atoms with Gasteiger partial charge in [0.05, 0.1) is 16.3 Å². The number of rotatable bonds is 3. The highest BCUT2D eigenvalue weighted by Gasteiger charge is 2.26. The summed E-state index contributed by atoms with van der Waals surface area (Å²) in [5.41, 5.74) is 7.76. The van der Waals surface area contributed by atoms with Gasteiger partial charge >= 0.3 is 0 Å². The lowest BCUT2D eigenvalue weighted by molar-refractivity contribution is -0.110. The Morgan fingerprint density at radius 1 is 1.17 bits per heavy atom. The number of aromatic amines is 1. The van der Waals surface area contributed by atoms with Crippen molar-refractivity contribution in [2.75, 3.05) is 18.4 Å². The third kappa shape index (κ3) is 3.83. The van der Waals surface area contributed by atoms with Crippen LogP contribution in [0, 0.1) is 13.8 Å². The lowest BCUT2D eigenvalue weighted by Crippen LogP contribution is -2.26. The molecule has 1 aromatic carbocycles. The molecule has 3 aromatic rings. The summed E-state index contributed by atoms with van der Waals surface area (Å²) in [7, 11) is 0. The number of H-pyrrole nitrogens is 1. The first kappa shape index (κ1) is 20.8. The molecule has 0 bridgehead atoms. The molecule has 0 saturated carbocycles. The van der Waals surface area contributed by atoms with Gasteiger partial charge in [-0.1, -0.05) is 6.07 Å². The number of fused-ring (bicyclic) bond motifs is 1. The van der Waals surface area contributed by atoms with Crippen molar-refractivity contribution in [1.82, 2.24) is 15.3 Å². The van der Waals surface area contributed by atoms with E-state index < -0.39 is 0 Å². The van der Waals surface area contributed by atoms with Crippen LogP contribution in [0.5, 0.6) is 0 Å². The molecule has 4 heterocycles. The maximum Gasteiger partial charge on any atom is 0.256 e. The van der Waals surface area contributed by atoms with E-state index in [1.165, 1.54) is 5.01 Å². The first-order chi connectivity index (χ1) is 14.1. The molecular formula is C23H25ClN4OS.